The van der Waals surface area contributed by atoms with E-state index in [1.54, 1.807) is 26.4 Å². The third-order valence-electron chi connectivity index (χ3n) is 3.94. The highest BCUT2D eigenvalue weighted by Gasteiger charge is 2.12. The molecule has 0 bridgehead atoms. The lowest BCUT2D eigenvalue weighted by atomic mass is 10.1. The van der Waals surface area contributed by atoms with Crippen LogP contribution < -0.4 is 20.1 Å². The first-order valence-electron chi connectivity index (χ1n) is 8.37. The number of hydrogen-bond acceptors (Lipinski definition) is 6. The second-order valence-corrected chi connectivity index (χ2v) is 7.15. The van der Waals surface area contributed by atoms with E-state index < -0.39 is 0 Å². The second-order valence-electron chi connectivity index (χ2n) is 5.88. The highest BCUT2D eigenvalue weighted by molar-refractivity contribution is 7.80. The zero-order chi connectivity index (χ0) is 20.1. The number of carbonyl (C=O) groups excluding carboxylic acids is 1. The first-order valence-corrected chi connectivity index (χ1v) is 9.66. The van der Waals surface area contributed by atoms with Gasteiger partial charge in [-0.05, 0) is 49.5 Å². The van der Waals surface area contributed by atoms with Gasteiger partial charge in [-0.1, -0.05) is 17.7 Å². The number of aromatic nitrogens is 1. The number of hydrogen-bond donors (Lipinski definition) is 2. The smallest absolute Gasteiger partial charge is 0.257 e. The highest BCUT2D eigenvalue weighted by Crippen LogP contribution is 2.33. The van der Waals surface area contributed by atoms with Gasteiger partial charge in [0.25, 0.3) is 5.91 Å². The first-order chi connectivity index (χ1) is 13.5. The summed E-state index contributed by atoms with van der Waals surface area (Å²) in [6, 6.07) is 12.8. The number of thiocarbonyl (C=S) groups is 1. The lowest BCUT2D eigenvalue weighted by molar-refractivity contribution is 0.0977. The molecule has 2 N–H and O–H groups in total. The van der Waals surface area contributed by atoms with Crippen LogP contribution in [0.1, 0.15) is 15.9 Å². The molecule has 1 aromatic heterocycles. The van der Waals surface area contributed by atoms with Crippen molar-refractivity contribution in [3.05, 3.63) is 59.0 Å². The fourth-order valence-corrected chi connectivity index (χ4v) is 3.45. The molecule has 144 valence electrons. The van der Waals surface area contributed by atoms with Gasteiger partial charge < -0.3 is 14.8 Å². The summed E-state index contributed by atoms with van der Waals surface area (Å²) >= 11 is 6.61. The van der Waals surface area contributed by atoms with Crippen LogP contribution in [0, 0.1) is 6.92 Å². The molecular weight excluding hydrogens is 394 g/mol. The molecule has 0 radical (unpaired) electrons. The molecule has 28 heavy (non-hydrogen) atoms. The van der Waals surface area contributed by atoms with Gasteiger partial charge in [-0.3, -0.25) is 10.1 Å². The van der Waals surface area contributed by atoms with Crippen molar-refractivity contribution in [3.63, 3.8) is 0 Å². The van der Waals surface area contributed by atoms with Crippen molar-refractivity contribution in [2.24, 2.45) is 0 Å². The molecule has 8 heteroatoms. The second kappa shape index (κ2) is 8.81. The van der Waals surface area contributed by atoms with E-state index in [9.17, 15) is 4.79 Å². The molecule has 0 saturated heterocycles. The minimum absolute atomic E-state index is 0.193. The number of aryl methyl sites for hydroxylation is 1. The molecule has 1 heterocycles. The number of rotatable bonds is 5. The number of ether oxygens (including phenoxy) is 2. The van der Waals surface area contributed by atoms with Crippen LogP contribution in [0.3, 0.4) is 0 Å². The van der Waals surface area contributed by atoms with Crippen molar-refractivity contribution in [1.29, 1.82) is 0 Å². The van der Waals surface area contributed by atoms with E-state index in [1.165, 1.54) is 11.3 Å². The Morgan fingerprint density at radius 2 is 1.79 bits per heavy atom. The fraction of sp³-hybridized carbons (Fsp3) is 0.150. The number of nitrogens with zero attached hydrogens (tertiary/aromatic N) is 1. The standard InChI is InChI=1S/C20H19N3O3S2/c1-12-4-6-13(7-5-12)18(24)22-19(27)23-20-21-15(11-28-20)14-8-9-16(25-2)17(10-14)26-3/h4-11H,1-3H3,(H2,21,22,23,24,27). The van der Waals surface area contributed by atoms with Gasteiger partial charge in [0.2, 0.25) is 0 Å². The average molecular weight is 414 g/mol. The lowest BCUT2D eigenvalue weighted by Crippen LogP contribution is -2.34. The van der Waals surface area contributed by atoms with Gasteiger partial charge in [0.15, 0.2) is 21.7 Å². The van der Waals surface area contributed by atoms with Crippen molar-refractivity contribution in [3.8, 4) is 22.8 Å². The third-order valence-corrected chi connectivity index (χ3v) is 4.91. The summed E-state index contributed by atoms with van der Waals surface area (Å²) in [5.41, 5.74) is 3.28. The molecule has 6 nitrogen and oxygen atoms in total. The molecule has 2 aromatic carbocycles. The average Bonchev–Trinajstić information content (AvgIpc) is 3.16. The lowest BCUT2D eigenvalue weighted by Gasteiger charge is -2.08. The SMILES string of the molecule is COc1ccc(-c2csc(NC(=S)NC(=O)c3ccc(C)cc3)n2)cc1OC. The monoisotopic (exact) mass is 413 g/mol. The number of amides is 1. The minimum Gasteiger partial charge on any atom is -0.493 e. The van der Waals surface area contributed by atoms with Gasteiger partial charge >= 0.3 is 0 Å². The Labute approximate surface area is 172 Å². The van der Waals surface area contributed by atoms with Crippen molar-refractivity contribution in [2.45, 2.75) is 6.92 Å². The summed E-state index contributed by atoms with van der Waals surface area (Å²) in [7, 11) is 3.18. The largest absolute Gasteiger partial charge is 0.493 e. The summed E-state index contributed by atoms with van der Waals surface area (Å²) in [5, 5.41) is 8.28. The summed E-state index contributed by atoms with van der Waals surface area (Å²) < 4.78 is 10.6. The Bertz CT molecular complexity index is 1000. The maximum atomic E-state index is 12.2. The Morgan fingerprint density at radius 1 is 1.07 bits per heavy atom. The van der Waals surface area contributed by atoms with Crippen molar-refractivity contribution in [1.82, 2.24) is 10.3 Å². The molecule has 0 aliphatic rings. The van der Waals surface area contributed by atoms with Gasteiger partial charge in [-0.25, -0.2) is 4.98 Å². The number of anilines is 1. The molecule has 0 atom stereocenters. The molecule has 0 aliphatic carbocycles. The van der Waals surface area contributed by atoms with E-state index in [0.29, 0.717) is 22.2 Å². The normalized spacial score (nSPS) is 10.2. The van der Waals surface area contributed by atoms with Gasteiger partial charge in [0, 0.05) is 16.5 Å². The van der Waals surface area contributed by atoms with Gasteiger partial charge in [0.05, 0.1) is 19.9 Å². The van der Waals surface area contributed by atoms with Crippen LogP contribution in [0.2, 0.25) is 0 Å². The topological polar surface area (TPSA) is 72.5 Å². The van der Waals surface area contributed by atoms with Crippen molar-refractivity contribution in [2.75, 3.05) is 19.5 Å². The molecule has 0 aliphatic heterocycles. The summed E-state index contributed by atoms with van der Waals surface area (Å²) in [4.78, 5) is 16.7. The van der Waals surface area contributed by atoms with E-state index in [-0.39, 0.29) is 11.0 Å². The van der Waals surface area contributed by atoms with E-state index in [4.69, 9.17) is 21.7 Å². The maximum absolute atomic E-state index is 12.2. The maximum Gasteiger partial charge on any atom is 0.257 e. The van der Waals surface area contributed by atoms with Crippen LogP contribution in [-0.4, -0.2) is 30.2 Å². The van der Waals surface area contributed by atoms with Gasteiger partial charge in [-0.15, -0.1) is 11.3 Å². The van der Waals surface area contributed by atoms with Gasteiger partial charge in [0.1, 0.15) is 0 Å². The number of benzene rings is 2. The van der Waals surface area contributed by atoms with E-state index in [1.807, 2.05) is 42.6 Å². The predicted molar refractivity (Wildman–Crippen MR) is 116 cm³/mol. The molecule has 0 unspecified atom stereocenters. The minimum atomic E-state index is -0.269. The van der Waals surface area contributed by atoms with Crippen LogP contribution in [-0.2, 0) is 0 Å². The summed E-state index contributed by atoms with van der Waals surface area (Å²) in [5.74, 6) is 1.01. The first kappa shape index (κ1) is 19.8. The molecule has 0 fully saturated rings. The van der Waals surface area contributed by atoms with Gasteiger partial charge in [-0.2, -0.15) is 0 Å². The van der Waals surface area contributed by atoms with Crippen LogP contribution in [0.15, 0.2) is 47.8 Å². The van der Waals surface area contributed by atoms with Crippen LogP contribution in [0.5, 0.6) is 11.5 Å². The number of thiazole rings is 1. The molecule has 1 amide bonds. The Morgan fingerprint density at radius 3 is 2.46 bits per heavy atom. The van der Waals surface area contributed by atoms with Crippen LogP contribution in [0.4, 0.5) is 5.13 Å². The number of carbonyl (C=O) groups is 1. The van der Waals surface area contributed by atoms with E-state index >= 15 is 0 Å². The van der Waals surface area contributed by atoms with Crippen molar-refractivity contribution >= 4 is 39.7 Å². The van der Waals surface area contributed by atoms with E-state index in [2.05, 4.69) is 15.6 Å². The zero-order valence-corrected chi connectivity index (χ0v) is 17.2. The van der Waals surface area contributed by atoms with Crippen molar-refractivity contribution < 1.29 is 14.3 Å². The number of methoxy groups -OCH3 is 2. The zero-order valence-electron chi connectivity index (χ0n) is 15.6. The van der Waals surface area contributed by atoms with E-state index in [0.717, 1.165) is 16.8 Å². The Hall–Kier alpha value is -2.97. The quantitative estimate of drug-likeness (QED) is 0.609. The molecule has 0 saturated carbocycles. The summed E-state index contributed by atoms with van der Waals surface area (Å²) in [6.45, 7) is 1.96. The fourth-order valence-electron chi connectivity index (χ4n) is 2.47. The molecule has 0 spiro atoms. The molecule has 3 aromatic rings. The molecule has 3 rings (SSSR count). The molecular formula is C20H19N3O3S2. The third kappa shape index (κ3) is 4.65. The number of nitrogens with one attached hydrogen (secondary N) is 2. The Kier molecular flexibility index (Phi) is 6.23. The van der Waals surface area contributed by atoms with Crippen LogP contribution >= 0.6 is 23.6 Å². The Balaban J connectivity index is 1.66. The van der Waals surface area contributed by atoms with Crippen LogP contribution in [0.25, 0.3) is 11.3 Å². The highest BCUT2D eigenvalue weighted by atomic mass is 32.1. The summed E-state index contributed by atoms with van der Waals surface area (Å²) in [6.07, 6.45) is 0. The predicted octanol–water partition coefficient (Wildman–Crippen LogP) is 4.26.